The van der Waals surface area contributed by atoms with Crippen molar-refractivity contribution in [3.8, 4) is 0 Å². The third kappa shape index (κ3) is 3.14. The summed E-state index contributed by atoms with van der Waals surface area (Å²) < 4.78 is 2.25. The number of nitrogens with zero attached hydrogens (tertiary/aromatic N) is 2. The summed E-state index contributed by atoms with van der Waals surface area (Å²) >= 11 is 0. The minimum absolute atomic E-state index is 0.540. The molecule has 0 saturated carbocycles. The van der Waals surface area contributed by atoms with E-state index in [1.54, 1.807) is 0 Å². The fraction of sp³-hybridized carbons (Fsp3) is 0.800. The van der Waals surface area contributed by atoms with Crippen molar-refractivity contribution in [3.63, 3.8) is 0 Å². The Labute approximate surface area is 111 Å². The van der Waals surface area contributed by atoms with E-state index in [1.165, 1.54) is 56.2 Å². The molecule has 0 spiro atoms. The Hall–Kier alpha value is -0.830. The summed E-state index contributed by atoms with van der Waals surface area (Å²) in [5.74, 6) is 0. The first kappa shape index (κ1) is 13.6. The third-order valence-corrected chi connectivity index (χ3v) is 3.88. The molecular weight excluding hydrogens is 222 g/mol. The summed E-state index contributed by atoms with van der Waals surface area (Å²) in [4.78, 5) is 0. The van der Waals surface area contributed by atoms with Gasteiger partial charge in [0.1, 0.15) is 0 Å². The van der Waals surface area contributed by atoms with Gasteiger partial charge in [-0.1, -0.05) is 26.7 Å². The first-order chi connectivity index (χ1) is 8.86. The third-order valence-electron chi connectivity index (χ3n) is 3.88. The van der Waals surface area contributed by atoms with E-state index in [4.69, 9.17) is 0 Å². The van der Waals surface area contributed by atoms with Crippen LogP contribution in [-0.4, -0.2) is 16.3 Å². The predicted molar refractivity (Wildman–Crippen MR) is 75.7 cm³/mol. The van der Waals surface area contributed by atoms with Gasteiger partial charge in [0.25, 0.3) is 0 Å². The average molecular weight is 249 g/mol. The first-order valence-electron chi connectivity index (χ1n) is 7.64. The van der Waals surface area contributed by atoms with Crippen molar-refractivity contribution in [3.05, 3.63) is 17.5 Å². The van der Waals surface area contributed by atoms with Crippen LogP contribution in [0, 0.1) is 0 Å². The summed E-state index contributed by atoms with van der Waals surface area (Å²) in [6.45, 7) is 6.68. The molecule has 1 aliphatic rings. The minimum Gasteiger partial charge on any atom is -0.310 e. The summed E-state index contributed by atoms with van der Waals surface area (Å²) in [6, 6.07) is 0.540. The van der Waals surface area contributed by atoms with Crippen LogP contribution < -0.4 is 5.32 Å². The Morgan fingerprint density at radius 2 is 2.22 bits per heavy atom. The molecule has 1 heterocycles. The molecule has 0 radical (unpaired) electrons. The lowest BCUT2D eigenvalue weighted by molar-refractivity contribution is 0.489. The van der Waals surface area contributed by atoms with E-state index in [2.05, 4.69) is 35.1 Å². The SMILES string of the molecule is CCCCn1ncc2c1CCCCC2NCCC. The molecule has 0 aliphatic heterocycles. The van der Waals surface area contributed by atoms with Crippen molar-refractivity contribution in [2.75, 3.05) is 6.54 Å². The molecule has 3 nitrogen and oxygen atoms in total. The Morgan fingerprint density at radius 1 is 1.33 bits per heavy atom. The Kier molecular flexibility index (Phi) is 5.24. The van der Waals surface area contributed by atoms with E-state index in [-0.39, 0.29) is 0 Å². The Morgan fingerprint density at radius 3 is 3.00 bits per heavy atom. The van der Waals surface area contributed by atoms with Crippen LogP contribution in [0.15, 0.2) is 6.20 Å². The maximum atomic E-state index is 4.61. The highest BCUT2D eigenvalue weighted by atomic mass is 15.3. The normalized spacial score (nSPS) is 19.6. The van der Waals surface area contributed by atoms with Crippen LogP contribution in [-0.2, 0) is 13.0 Å². The molecular formula is C15H27N3. The van der Waals surface area contributed by atoms with E-state index in [0.29, 0.717) is 6.04 Å². The van der Waals surface area contributed by atoms with Crippen molar-refractivity contribution >= 4 is 0 Å². The van der Waals surface area contributed by atoms with Gasteiger partial charge in [0, 0.05) is 23.8 Å². The maximum absolute atomic E-state index is 4.61. The molecule has 0 bridgehead atoms. The van der Waals surface area contributed by atoms with Gasteiger partial charge in [-0.25, -0.2) is 0 Å². The smallest absolute Gasteiger partial charge is 0.0540 e. The lowest BCUT2D eigenvalue weighted by Gasteiger charge is -2.16. The zero-order valence-corrected chi connectivity index (χ0v) is 11.9. The zero-order chi connectivity index (χ0) is 12.8. The predicted octanol–water partition coefficient (Wildman–Crippen LogP) is 3.45. The van der Waals surface area contributed by atoms with Crippen LogP contribution >= 0.6 is 0 Å². The molecule has 1 N–H and O–H groups in total. The van der Waals surface area contributed by atoms with Gasteiger partial charge in [-0.3, -0.25) is 4.68 Å². The maximum Gasteiger partial charge on any atom is 0.0540 e. The number of nitrogens with one attached hydrogen (secondary N) is 1. The molecule has 1 aliphatic carbocycles. The lowest BCUT2D eigenvalue weighted by Crippen LogP contribution is -2.22. The van der Waals surface area contributed by atoms with E-state index in [0.717, 1.165) is 13.1 Å². The zero-order valence-electron chi connectivity index (χ0n) is 11.9. The van der Waals surface area contributed by atoms with Crippen LogP contribution in [0.1, 0.15) is 69.7 Å². The largest absolute Gasteiger partial charge is 0.310 e. The monoisotopic (exact) mass is 249 g/mol. The van der Waals surface area contributed by atoms with Crippen LogP contribution in [0.3, 0.4) is 0 Å². The van der Waals surface area contributed by atoms with E-state index in [9.17, 15) is 0 Å². The first-order valence-corrected chi connectivity index (χ1v) is 7.64. The highest BCUT2D eigenvalue weighted by Gasteiger charge is 2.21. The van der Waals surface area contributed by atoms with Crippen molar-refractivity contribution in [2.24, 2.45) is 0 Å². The number of unbranched alkanes of at least 4 members (excludes halogenated alkanes) is 1. The standard InChI is InChI=1S/C15H27N3/c1-3-5-11-18-15-9-7-6-8-14(16-10-4-2)13(15)12-17-18/h12,14,16H,3-11H2,1-2H3. The molecule has 18 heavy (non-hydrogen) atoms. The number of rotatable bonds is 6. The van der Waals surface area contributed by atoms with Gasteiger partial charge in [-0.2, -0.15) is 5.10 Å². The number of aromatic nitrogens is 2. The minimum atomic E-state index is 0.540. The second kappa shape index (κ2) is 6.93. The quantitative estimate of drug-likeness (QED) is 0.783. The summed E-state index contributed by atoms with van der Waals surface area (Å²) in [5, 5.41) is 8.30. The molecule has 3 heteroatoms. The topological polar surface area (TPSA) is 29.9 Å². The second-order valence-corrected chi connectivity index (χ2v) is 5.38. The summed E-state index contributed by atoms with van der Waals surface area (Å²) in [7, 11) is 0. The average Bonchev–Trinajstić information content (AvgIpc) is 2.67. The van der Waals surface area contributed by atoms with E-state index < -0.39 is 0 Å². The fourth-order valence-electron chi connectivity index (χ4n) is 2.82. The molecule has 1 unspecified atom stereocenters. The van der Waals surface area contributed by atoms with Gasteiger partial charge >= 0.3 is 0 Å². The van der Waals surface area contributed by atoms with Crippen LogP contribution in [0.25, 0.3) is 0 Å². The van der Waals surface area contributed by atoms with Crippen LogP contribution in [0.2, 0.25) is 0 Å². The van der Waals surface area contributed by atoms with Crippen LogP contribution in [0.5, 0.6) is 0 Å². The Balaban J connectivity index is 2.12. The second-order valence-electron chi connectivity index (χ2n) is 5.38. The van der Waals surface area contributed by atoms with Crippen molar-refractivity contribution in [1.82, 2.24) is 15.1 Å². The van der Waals surface area contributed by atoms with Crippen molar-refractivity contribution < 1.29 is 0 Å². The molecule has 0 aromatic carbocycles. The summed E-state index contributed by atoms with van der Waals surface area (Å²) in [6.07, 6.45) is 10.9. The van der Waals surface area contributed by atoms with Crippen molar-refractivity contribution in [2.45, 2.75) is 71.4 Å². The number of hydrogen-bond donors (Lipinski definition) is 1. The van der Waals surface area contributed by atoms with E-state index in [1.807, 2.05) is 0 Å². The summed E-state index contributed by atoms with van der Waals surface area (Å²) in [5.41, 5.74) is 2.96. The number of aryl methyl sites for hydroxylation is 1. The van der Waals surface area contributed by atoms with Gasteiger partial charge < -0.3 is 5.32 Å². The van der Waals surface area contributed by atoms with Crippen molar-refractivity contribution in [1.29, 1.82) is 0 Å². The van der Waals surface area contributed by atoms with Gasteiger partial charge in [-0.15, -0.1) is 0 Å². The molecule has 0 saturated heterocycles. The van der Waals surface area contributed by atoms with E-state index >= 15 is 0 Å². The van der Waals surface area contributed by atoms with Gasteiger partial charge in [0.2, 0.25) is 0 Å². The molecule has 1 atom stereocenters. The highest BCUT2D eigenvalue weighted by Crippen LogP contribution is 2.28. The lowest BCUT2D eigenvalue weighted by atomic mass is 10.1. The van der Waals surface area contributed by atoms with Gasteiger partial charge in [0.05, 0.1) is 6.20 Å². The molecule has 0 fully saturated rings. The number of fused-ring (bicyclic) bond motifs is 1. The molecule has 102 valence electrons. The number of hydrogen-bond acceptors (Lipinski definition) is 2. The molecule has 1 aromatic rings. The highest BCUT2D eigenvalue weighted by molar-refractivity contribution is 5.23. The fourth-order valence-corrected chi connectivity index (χ4v) is 2.82. The Bertz CT molecular complexity index is 357. The van der Waals surface area contributed by atoms with Crippen LogP contribution in [0.4, 0.5) is 0 Å². The van der Waals surface area contributed by atoms with Gasteiger partial charge in [-0.05, 0) is 38.6 Å². The molecule has 0 amide bonds. The van der Waals surface area contributed by atoms with Gasteiger partial charge in [0.15, 0.2) is 0 Å². The molecule has 2 rings (SSSR count). The molecule has 1 aromatic heterocycles.